The standard InChI is InChI=1S/C34H42BrN3O5/c1-20(41-5)19-42-29-15-27(37-17-24-13-23(37)18-38(24)33(39)40)26-14-25(21-11-12-21)30(35)32(31(26)36-29)43-28(16-34(2,3)4)22-9-7-6-8-10-22/h6-10,14-15,20-21,23-24,28H,11-13,16-19H2,1-5H3,(H,39,40)/t20-,23-,24-,28-/m0/s1. The fourth-order valence-electron chi connectivity index (χ4n) is 6.46. The van der Waals surface area contributed by atoms with E-state index in [0.29, 0.717) is 31.5 Å². The largest absolute Gasteiger partial charge is 0.482 e. The van der Waals surface area contributed by atoms with Crippen molar-refractivity contribution in [3.05, 3.63) is 58.1 Å². The summed E-state index contributed by atoms with van der Waals surface area (Å²) in [6.07, 6.45) is 2.83. The Morgan fingerprint density at radius 1 is 1.14 bits per heavy atom. The summed E-state index contributed by atoms with van der Waals surface area (Å²) >= 11 is 3.97. The summed E-state index contributed by atoms with van der Waals surface area (Å²) in [7, 11) is 1.67. The molecule has 43 heavy (non-hydrogen) atoms. The van der Waals surface area contributed by atoms with Gasteiger partial charge in [0.2, 0.25) is 5.88 Å². The lowest BCUT2D eigenvalue weighted by Crippen LogP contribution is -2.48. The Balaban J connectivity index is 1.50. The van der Waals surface area contributed by atoms with Crippen molar-refractivity contribution in [2.24, 2.45) is 5.41 Å². The van der Waals surface area contributed by atoms with E-state index in [0.717, 1.165) is 58.1 Å². The molecule has 1 aromatic heterocycles. The Bertz CT molecular complexity index is 1490. The molecule has 0 unspecified atom stereocenters. The number of hydrogen-bond acceptors (Lipinski definition) is 6. The fourth-order valence-corrected chi connectivity index (χ4v) is 7.18. The first-order chi connectivity index (χ1) is 20.5. The van der Waals surface area contributed by atoms with Gasteiger partial charge in [-0.1, -0.05) is 51.1 Å². The number of halogens is 1. The summed E-state index contributed by atoms with van der Waals surface area (Å²) in [6.45, 7) is 10.2. The zero-order chi connectivity index (χ0) is 30.5. The van der Waals surface area contributed by atoms with E-state index >= 15 is 0 Å². The second-order valence-electron chi connectivity index (χ2n) is 13.5. The van der Waals surface area contributed by atoms with Crippen LogP contribution in [0.25, 0.3) is 10.9 Å². The van der Waals surface area contributed by atoms with Gasteiger partial charge in [-0.25, -0.2) is 9.78 Å². The molecule has 3 heterocycles. The molecule has 8 nitrogen and oxygen atoms in total. The van der Waals surface area contributed by atoms with Crippen molar-refractivity contribution in [2.45, 2.75) is 83.6 Å². The number of piperazine rings is 1. The van der Waals surface area contributed by atoms with Crippen LogP contribution in [0.4, 0.5) is 10.5 Å². The van der Waals surface area contributed by atoms with Gasteiger partial charge in [0.25, 0.3) is 0 Å². The molecule has 2 bridgehead atoms. The van der Waals surface area contributed by atoms with Crippen LogP contribution >= 0.6 is 15.9 Å². The number of carbonyl (C=O) groups is 1. The van der Waals surface area contributed by atoms with E-state index in [9.17, 15) is 9.90 Å². The third kappa shape index (κ3) is 6.29. The summed E-state index contributed by atoms with van der Waals surface area (Å²) in [5, 5.41) is 10.7. The predicted octanol–water partition coefficient (Wildman–Crippen LogP) is 7.79. The Morgan fingerprint density at radius 3 is 2.49 bits per heavy atom. The number of carboxylic acid groups (broad SMARTS) is 1. The van der Waals surface area contributed by atoms with Crippen molar-refractivity contribution in [2.75, 3.05) is 31.7 Å². The zero-order valence-electron chi connectivity index (χ0n) is 25.7. The molecule has 1 aliphatic carbocycles. The normalized spacial score (nSPS) is 21.3. The van der Waals surface area contributed by atoms with Crippen LogP contribution in [0.3, 0.4) is 0 Å². The molecule has 6 rings (SSSR count). The number of likely N-dealkylation sites (tertiary alicyclic amines) is 1. The van der Waals surface area contributed by atoms with E-state index in [2.05, 4.69) is 71.9 Å². The van der Waals surface area contributed by atoms with Crippen molar-refractivity contribution in [1.82, 2.24) is 9.88 Å². The van der Waals surface area contributed by atoms with Gasteiger partial charge in [-0.2, -0.15) is 0 Å². The summed E-state index contributed by atoms with van der Waals surface area (Å²) in [5.41, 5.74) is 4.17. The van der Waals surface area contributed by atoms with Gasteiger partial charge < -0.3 is 29.1 Å². The molecule has 2 aliphatic heterocycles. The second-order valence-corrected chi connectivity index (χ2v) is 14.3. The lowest BCUT2D eigenvalue weighted by molar-refractivity contribution is 0.0700. The summed E-state index contributed by atoms with van der Waals surface area (Å²) in [4.78, 5) is 20.9. The minimum Gasteiger partial charge on any atom is -0.482 e. The number of amides is 1. The number of rotatable bonds is 10. The molecule has 3 aromatic rings. The first-order valence-corrected chi connectivity index (χ1v) is 16.1. The highest BCUT2D eigenvalue weighted by atomic mass is 79.9. The van der Waals surface area contributed by atoms with Gasteiger partial charge in [0.15, 0.2) is 5.75 Å². The number of hydrogen-bond donors (Lipinski definition) is 1. The minimum atomic E-state index is -0.842. The number of anilines is 1. The van der Waals surface area contributed by atoms with Crippen LogP contribution in [0, 0.1) is 5.41 Å². The van der Waals surface area contributed by atoms with Gasteiger partial charge >= 0.3 is 6.09 Å². The molecule has 1 amide bonds. The predicted molar refractivity (Wildman–Crippen MR) is 172 cm³/mol. The molecule has 0 radical (unpaired) electrons. The molecule has 2 saturated heterocycles. The topological polar surface area (TPSA) is 84.4 Å². The van der Waals surface area contributed by atoms with E-state index < -0.39 is 6.09 Å². The highest BCUT2D eigenvalue weighted by Gasteiger charge is 2.46. The van der Waals surface area contributed by atoms with E-state index in [-0.39, 0.29) is 29.7 Å². The van der Waals surface area contributed by atoms with Crippen LogP contribution in [0.15, 0.2) is 46.9 Å². The smallest absolute Gasteiger partial charge is 0.407 e. The Kier molecular flexibility index (Phi) is 8.24. The Hall–Kier alpha value is -3.04. The first-order valence-electron chi connectivity index (χ1n) is 15.3. The van der Waals surface area contributed by atoms with Gasteiger partial charge in [-0.05, 0) is 77.1 Å². The fraction of sp³-hybridized carbons (Fsp3) is 0.529. The van der Waals surface area contributed by atoms with Crippen molar-refractivity contribution >= 4 is 38.6 Å². The van der Waals surface area contributed by atoms with Gasteiger partial charge in [-0.3, -0.25) is 0 Å². The average molecular weight is 653 g/mol. The number of ether oxygens (including phenoxy) is 3. The van der Waals surface area contributed by atoms with Gasteiger partial charge in [0, 0.05) is 37.7 Å². The van der Waals surface area contributed by atoms with Crippen LogP contribution in [-0.2, 0) is 4.74 Å². The van der Waals surface area contributed by atoms with Crippen LogP contribution in [0.1, 0.15) is 76.5 Å². The summed E-state index contributed by atoms with van der Waals surface area (Å²) < 4.78 is 19.7. The molecule has 1 saturated carbocycles. The lowest BCUT2D eigenvalue weighted by atomic mass is 9.86. The number of pyridine rings is 1. The molecular weight excluding hydrogens is 610 g/mol. The van der Waals surface area contributed by atoms with E-state index in [4.69, 9.17) is 19.2 Å². The quantitative estimate of drug-likeness (QED) is 0.240. The number of fused-ring (bicyclic) bond motifs is 3. The van der Waals surface area contributed by atoms with Crippen LogP contribution < -0.4 is 14.4 Å². The first kappa shape index (κ1) is 30.0. The number of nitrogens with zero attached hydrogens (tertiary/aromatic N) is 3. The monoisotopic (exact) mass is 651 g/mol. The Labute approximate surface area is 262 Å². The van der Waals surface area contributed by atoms with E-state index in [1.54, 1.807) is 12.0 Å². The van der Waals surface area contributed by atoms with Crippen molar-refractivity contribution in [3.8, 4) is 11.6 Å². The highest BCUT2D eigenvalue weighted by Crippen LogP contribution is 2.52. The Morgan fingerprint density at radius 2 is 1.88 bits per heavy atom. The number of aromatic nitrogens is 1. The van der Waals surface area contributed by atoms with Crippen LogP contribution in [0.2, 0.25) is 0 Å². The third-order valence-electron chi connectivity index (χ3n) is 8.89. The highest BCUT2D eigenvalue weighted by molar-refractivity contribution is 9.10. The number of methoxy groups -OCH3 is 1. The van der Waals surface area contributed by atoms with Gasteiger partial charge in [-0.15, -0.1) is 0 Å². The van der Waals surface area contributed by atoms with Gasteiger partial charge in [0.05, 0.1) is 22.3 Å². The molecule has 9 heteroatoms. The molecular formula is C34H42BrN3O5. The molecule has 2 aromatic carbocycles. The third-order valence-corrected chi connectivity index (χ3v) is 9.71. The van der Waals surface area contributed by atoms with Gasteiger partial charge in [0.1, 0.15) is 18.2 Å². The van der Waals surface area contributed by atoms with Crippen LogP contribution in [0.5, 0.6) is 11.6 Å². The molecule has 3 fully saturated rings. The maximum absolute atomic E-state index is 11.8. The SMILES string of the molecule is CO[C@@H](C)COc1cc(N2C[C@@H]3C[C@H]2CN3C(=O)O)c2cc(C3CC3)c(Br)c(O[C@@H](CC(C)(C)C)c3ccccc3)c2n1. The molecule has 0 spiro atoms. The summed E-state index contributed by atoms with van der Waals surface area (Å²) in [5.74, 6) is 1.72. The minimum absolute atomic E-state index is 0.0214. The van der Waals surface area contributed by atoms with Crippen molar-refractivity contribution in [1.29, 1.82) is 0 Å². The van der Waals surface area contributed by atoms with Crippen LogP contribution in [-0.4, -0.2) is 66.1 Å². The summed E-state index contributed by atoms with van der Waals surface area (Å²) in [6, 6.07) is 14.8. The maximum Gasteiger partial charge on any atom is 0.407 e. The lowest BCUT2D eigenvalue weighted by Gasteiger charge is -2.35. The average Bonchev–Trinajstić information content (AvgIpc) is 3.62. The zero-order valence-corrected chi connectivity index (χ0v) is 27.3. The van der Waals surface area contributed by atoms with Crippen molar-refractivity contribution in [3.63, 3.8) is 0 Å². The van der Waals surface area contributed by atoms with Crippen molar-refractivity contribution < 1.29 is 24.1 Å². The van der Waals surface area contributed by atoms with E-state index in [1.165, 1.54) is 5.56 Å². The second kappa shape index (κ2) is 11.8. The number of benzene rings is 2. The maximum atomic E-state index is 11.8. The molecule has 4 atom stereocenters. The van der Waals surface area contributed by atoms with E-state index in [1.807, 2.05) is 19.1 Å². The molecule has 3 aliphatic rings. The molecule has 1 N–H and O–H groups in total. The molecule has 230 valence electrons.